The Balaban J connectivity index is 1.61. The molecule has 0 spiro atoms. The smallest absolute Gasteiger partial charge is 0.255 e. The second-order valence-electron chi connectivity index (χ2n) is 7.25. The van der Waals surface area contributed by atoms with E-state index in [0.29, 0.717) is 12.1 Å². The molecule has 26 heavy (non-hydrogen) atoms. The van der Waals surface area contributed by atoms with E-state index in [4.69, 9.17) is 0 Å². The Kier molecular flexibility index (Phi) is 4.74. The predicted molar refractivity (Wildman–Crippen MR) is 101 cm³/mol. The molecule has 2 aromatic carbocycles. The molecule has 1 saturated carbocycles. The molecule has 1 heterocycles. The van der Waals surface area contributed by atoms with Crippen molar-refractivity contribution in [2.45, 2.75) is 50.7 Å². The van der Waals surface area contributed by atoms with Gasteiger partial charge in [-0.1, -0.05) is 67.8 Å². The second kappa shape index (κ2) is 7.32. The van der Waals surface area contributed by atoms with Crippen LogP contribution in [0.4, 0.5) is 0 Å². The molecule has 2 aromatic rings. The minimum Gasteiger partial charge on any atom is -0.351 e. The largest absolute Gasteiger partial charge is 0.351 e. The van der Waals surface area contributed by atoms with Crippen LogP contribution in [0, 0.1) is 0 Å². The molecule has 1 aliphatic heterocycles. The highest BCUT2D eigenvalue weighted by Gasteiger charge is 2.41. The van der Waals surface area contributed by atoms with Crippen LogP contribution in [0.1, 0.15) is 59.6 Å². The number of hydrogen-bond donors (Lipinski definition) is 1. The van der Waals surface area contributed by atoms with E-state index in [1.54, 1.807) is 4.90 Å². The van der Waals surface area contributed by atoms with Gasteiger partial charge in [0, 0.05) is 18.2 Å². The summed E-state index contributed by atoms with van der Waals surface area (Å²) in [5, 5.41) is 3.21. The first-order chi connectivity index (χ1) is 12.7. The molecule has 1 fully saturated rings. The summed E-state index contributed by atoms with van der Waals surface area (Å²) in [6.07, 6.45) is 5.65. The molecule has 1 atom stereocenters. The zero-order chi connectivity index (χ0) is 17.9. The van der Waals surface area contributed by atoms with Gasteiger partial charge in [-0.25, -0.2) is 0 Å². The molecule has 0 radical (unpaired) electrons. The lowest BCUT2D eigenvalue weighted by molar-refractivity contribution is -0.126. The van der Waals surface area contributed by atoms with Crippen LogP contribution in [-0.4, -0.2) is 22.8 Å². The van der Waals surface area contributed by atoms with Crippen LogP contribution in [0.3, 0.4) is 0 Å². The zero-order valence-corrected chi connectivity index (χ0v) is 14.9. The number of nitrogens with zero attached hydrogens (tertiary/aromatic N) is 1. The average molecular weight is 348 g/mol. The standard InChI is InChI=1S/C22H24N2O2/c25-21(23-17-11-5-2-6-12-17)20-18-13-7-8-14-19(18)22(26)24(20)15-16-9-3-1-4-10-16/h1,3-4,7-10,13-14,17,20H,2,5-6,11-12,15H2,(H,23,25)/t20-/m0/s1. The summed E-state index contributed by atoms with van der Waals surface area (Å²) in [6, 6.07) is 17.0. The minimum absolute atomic E-state index is 0.0499. The van der Waals surface area contributed by atoms with Gasteiger partial charge >= 0.3 is 0 Å². The van der Waals surface area contributed by atoms with Crippen LogP contribution < -0.4 is 5.32 Å². The lowest BCUT2D eigenvalue weighted by Crippen LogP contribution is -2.43. The third-order valence-corrected chi connectivity index (χ3v) is 5.45. The summed E-state index contributed by atoms with van der Waals surface area (Å²) in [5.41, 5.74) is 2.50. The highest BCUT2D eigenvalue weighted by molar-refractivity contribution is 6.04. The van der Waals surface area contributed by atoms with E-state index >= 15 is 0 Å². The van der Waals surface area contributed by atoms with Gasteiger partial charge in [0.15, 0.2) is 0 Å². The van der Waals surface area contributed by atoms with E-state index in [9.17, 15) is 9.59 Å². The van der Waals surface area contributed by atoms with Crippen molar-refractivity contribution in [3.63, 3.8) is 0 Å². The fourth-order valence-corrected chi connectivity index (χ4v) is 4.12. The van der Waals surface area contributed by atoms with Crippen LogP contribution in [0.15, 0.2) is 54.6 Å². The van der Waals surface area contributed by atoms with Crippen molar-refractivity contribution < 1.29 is 9.59 Å². The predicted octanol–water partition coefficient (Wildman–Crippen LogP) is 3.83. The normalized spacial score (nSPS) is 20.1. The first kappa shape index (κ1) is 16.8. The zero-order valence-electron chi connectivity index (χ0n) is 14.9. The fraction of sp³-hybridized carbons (Fsp3) is 0.364. The number of carbonyl (C=O) groups excluding carboxylic acids is 2. The number of hydrogen-bond acceptors (Lipinski definition) is 2. The molecular weight excluding hydrogens is 324 g/mol. The Morgan fingerprint density at radius 2 is 1.65 bits per heavy atom. The molecule has 0 unspecified atom stereocenters. The highest BCUT2D eigenvalue weighted by atomic mass is 16.2. The molecular formula is C22H24N2O2. The number of carbonyl (C=O) groups is 2. The Hall–Kier alpha value is -2.62. The maximum absolute atomic E-state index is 13.1. The lowest BCUT2D eigenvalue weighted by Gasteiger charge is -2.28. The summed E-state index contributed by atoms with van der Waals surface area (Å²) in [7, 11) is 0. The SMILES string of the molecule is O=C(NC1CCCCC1)[C@@H]1c2ccccc2C(=O)N1Cc1ccccc1. The third-order valence-electron chi connectivity index (χ3n) is 5.45. The second-order valence-corrected chi connectivity index (χ2v) is 7.25. The van der Waals surface area contributed by atoms with Gasteiger partial charge in [0.1, 0.15) is 6.04 Å². The average Bonchev–Trinajstić information content (AvgIpc) is 2.96. The molecule has 1 N–H and O–H groups in total. The topological polar surface area (TPSA) is 49.4 Å². The molecule has 2 amide bonds. The van der Waals surface area contributed by atoms with Gasteiger partial charge in [-0.2, -0.15) is 0 Å². The summed E-state index contributed by atoms with van der Waals surface area (Å²) < 4.78 is 0. The number of fused-ring (bicyclic) bond motifs is 1. The van der Waals surface area contributed by atoms with Gasteiger partial charge in [-0.15, -0.1) is 0 Å². The molecule has 4 nitrogen and oxygen atoms in total. The number of rotatable bonds is 4. The van der Waals surface area contributed by atoms with Gasteiger partial charge in [0.2, 0.25) is 5.91 Å². The van der Waals surface area contributed by atoms with Crippen LogP contribution in [0.5, 0.6) is 0 Å². The van der Waals surface area contributed by atoms with Gasteiger partial charge < -0.3 is 10.2 Å². The van der Waals surface area contributed by atoms with Gasteiger partial charge in [0.25, 0.3) is 5.91 Å². The summed E-state index contributed by atoms with van der Waals surface area (Å²) in [5.74, 6) is -0.112. The van der Waals surface area contributed by atoms with Crippen LogP contribution in [-0.2, 0) is 11.3 Å². The number of benzene rings is 2. The quantitative estimate of drug-likeness (QED) is 0.913. The van der Waals surface area contributed by atoms with Crippen LogP contribution in [0.25, 0.3) is 0 Å². The Morgan fingerprint density at radius 1 is 0.962 bits per heavy atom. The molecule has 4 heteroatoms. The third kappa shape index (κ3) is 3.24. The minimum atomic E-state index is -0.541. The summed E-state index contributed by atoms with van der Waals surface area (Å²) in [4.78, 5) is 27.8. The van der Waals surface area contributed by atoms with Crippen LogP contribution in [0.2, 0.25) is 0 Å². The Bertz CT molecular complexity index is 797. The van der Waals surface area contributed by atoms with E-state index < -0.39 is 6.04 Å². The van der Waals surface area contributed by atoms with Crippen LogP contribution >= 0.6 is 0 Å². The first-order valence-electron chi connectivity index (χ1n) is 9.48. The van der Waals surface area contributed by atoms with Crippen molar-refractivity contribution in [3.8, 4) is 0 Å². The van der Waals surface area contributed by atoms with E-state index in [2.05, 4.69) is 5.32 Å². The van der Waals surface area contributed by atoms with Crippen molar-refractivity contribution in [3.05, 3.63) is 71.3 Å². The maximum Gasteiger partial charge on any atom is 0.255 e. The molecule has 1 aliphatic carbocycles. The molecule has 0 aromatic heterocycles. The van der Waals surface area contributed by atoms with Crippen molar-refractivity contribution in [2.24, 2.45) is 0 Å². The fourth-order valence-electron chi connectivity index (χ4n) is 4.12. The molecule has 4 rings (SSSR count). The maximum atomic E-state index is 13.1. The van der Waals surface area contributed by atoms with Gasteiger partial charge in [-0.3, -0.25) is 9.59 Å². The van der Waals surface area contributed by atoms with Crippen molar-refractivity contribution >= 4 is 11.8 Å². The van der Waals surface area contributed by atoms with Crippen molar-refractivity contribution in [1.29, 1.82) is 0 Å². The van der Waals surface area contributed by atoms with Crippen molar-refractivity contribution in [1.82, 2.24) is 10.2 Å². The van der Waals surface area contributed by atoms with Gasteiger partial charge in [0.05, 0.1) is 0 Å². The highest BCUT2D eigenvalue weighted by Crippen LogP contribution is 2.35. The van der Waals surface area contributed by atoms with E-state index in [-0.39, 0.29) is 17.9 Å². The number of nitrogens with one attached hydrogen (secondary N) is 1. The van der Waals surface area contributed by atoms with E-state index in [0.717, 1.165) is 24.0 Å². The number of amides is 2. The first-order valence-corrected chi connectivity index (χ1v) is 9.48. The molecule has 0 saturated heterocycles. The van der Waals surface area contributed by atoms with Crippen molar-refractivity contribution in [2.75, 3.05) is 0 Å². The Morgan fingerprint density at radius 3 is 2.42 bits per heavy atom. The molecule has 2 aliphatic rings. The summed E-state index contributed by atoms with van der Waals surface area (Å²) >= 11 is 0. The summed E-state index contributed by atoms with van der Waals surface area (Å²) in [6.45, 7) is 0.442. The van der Waals surface area contributed by atoms with Gasteiger partial charge in [-0.05, 0) is 30.0 Å². The lowest BCUT2D eigenvalue weighted by atomic mass is 9.95. The Labute approximate surface area is 154 Å². The molecule has 0 bridgehead atoms. The van der Waals surface area contributed by atoms with E-state index in [1.807, 2.05) is 54.6 Å². The van der Waals surface area contributed by atoms with E-state index in [1.165, 1.54) is 19.3 Å². The monoisotopic (exact) mass is 348 g/mol. The molecule has 134 valence electrons.